The molecule has 0 amide bonds. The van der Waals surface area contributed by atoms with Crippen LogP contribution in [-0.2, 0) is 6.54 Å². The maximum Gasteiger partial charge on any atom is 0.194 e. The van der Waals surface area contributed by atoms with Gasteiger partial charge in [-0.25, -0.2) is 0 Å². The number of aromatic nitrogens is 1. The fourth-order valence-corrected chi connectivity index (χ4v) is 6.74. The molecule has 3 N–H and O–H groups in total. The number of hydrogen-bond acceptors (Lipinski definition) is 4. The molecule has 0 spiro atoms. The van der Waals surface area contributed by atoms with Crippen LogP contribution >= 0.6 is 0 Å². The monoisotopic (exact) mass is 636 g/mol. The van der Waals surface area contributed by atoms with E-state index in [0.717, 1.165) is 66.5 Å². The summed E-state index contributed by atoms with van der Waals surface area (Å²) in [4.78, 5) is 4.96. The van der Waals surface area contributed by atoms with Gasteiger partial charge in [0.05, 0.1) is 12.1 Å². The number of nitrogens with two attached hydrogens (primary N) is 1. The molecular formula is C43H32N4O2. The van der Waals surface area contributed by atoms with Crippen LogP contribution in [0.1, 0.15) is 22.9 Å². The Morgan fingerprint density at radius 2 is 1.33 bits per heavy atom. The summed E-state index contributed by atoms with van der Waals surface area (Å²) >= 11 is 0. The van der Waals surface area contributed by atoms with Crippen LogP contribution in [-0.4, -0.2) is 10.4 Å². The van der Waals surface area contributed by atoms with E-state index in [0.29, 0.717) is 23.8 Å². The summed E-state index contributed by atoms with van der Waals surface area (Å²) < 4.78 is 15.6. The highest BCUT2D eigenvalue weighted by molar-refractivity contribution is 6.12. The molecular weight excluding hydrogens is 604 g/mol. The van der Waals surface area contributed by atoms with Gasteiger partial charge in [0.1, 0.15) is 17.5 Å². The lowest BCUT2D eigenvalue weighted by Crippen LogP contribution is -2.35. The molecule has 1 unspecified atom stereocenters. The third-order valence-electron chi connectivity index (χ3n) is 9.11. The highest BCUT2D eigenvalue weighted by Crippen LogP contribution is 2.52. The lowest BCUT2D eigenvalue weighted by molar-refractivity contribution is 0.366. The van der Waals surface area contributed by atoms with E-state index in [1.165, 1.54) is 0 Å². The number of benzene rings is 7. The standard InChI is InChI=1S/C43H32N4O2/c44-42(46-43(30-15-5-2-6-16-30)45-27-28-12-3-1-4-13-28)31-17-11-18-32(26-31)47-36-21-10-9-20-34(36)35-23-25-38-41(39(35)47)49-37-24-22-29-14-7-8-19-33(29)40(37)48-38/h1-26,42H,27,44H2,(H,45,46). The molecule has 1 aromatic heterocycles. The third-order valence-corrected chi connectivity index (χ3v) is 9.11. The first kappa shape index (κ1) is 28.8. The zero-order valence-corrected chi connectivity index (χ0v) is 26.6. The van der Waals surface area contributed by atoms with Crippen molar-refractivity contribution in [1.29, 1.82) is 0 Å². The lowest BCUT2D eigenvalue weighted by atomic mass is 10.1. The van der Waals surface area contributed by atoms with Crippen LogP contribution in [0.25, 0.3) is 38.3 Å². The minimum absolute atomic E-state index is 0.517. The Bertz CT molecular complexity index is 2520. The third kappa shape index (κ3) is 5.15. The van der Waals surface area contributed by atoms with E-state index in [1.807, 2.05) is 84.9 Å². The largest absolute Gasteiger partial charge is 0.449 e. The molecule has 0 fully saturated rings. The maximum atomic E-state index is 6.91. The van der Waals surface area contributed by atoms with Gasteiger partial charge in [-0.3, -0.25) is 4.99 Å². The SMILES string of the molecule is NC(NC(=NCc1ccccc1)c1ccccc1)c1cccc(-n2c3ccccc3c3ccc4c(c32)Oc2ccc3ccccc3c2O4)c1. The molecule has 0 saturated heterocycles. The fraction of sp³-hybridized carbons (Fsp3) is 0.0465. The maximum absolute atomic E-state index is 6.91. The van der Waals surface area contributed by atoms with Crippen molar-refractivity contribution in [3.05, 3.63) is 174 Å². The molecule has 6 heteroatoms. The minimum Gasteiger partial charge on any atom is -0.449 e. The smallest absolute Gasteiger partial charge is 0.194 e. The molecule has 7 aromatic carbocycles. The van der Waals surface area contributed by atoms with E-state index in [4.69, 9.17) is 20.2 Å². The Morgan fingerprint density at radius 3 is 2.18 bits per heavy atom. The van der Waals surface area contributed by atoms with E-state index < -0.39 is 6.17 Å². The summed E-state index contributed by atoms with van der Waals surface area (Å²) in [6.45, 7) is 0.540. The van der Waals surface area contributed by atoms with Crippen LogP contribution in [0.15, 0.2) is 163 Å². The van der Waals surface area contributed by atoms with Gasteiger partial charge < -0.3 is 25.1 Å². The van der Waals surface area contributed by atoms with E-state index in [1.54, 1.807) is 0 Å². The van der Waals surface area contributed by atoms with E-state index in [-0.39, 0.29) is 0 Å². The van der Waals surface area contributed by atoms with Crippen molar-refractivity contribution >= 4 is 38.4 Å². The second kappa shape index (κ2) is 12.0. The number of para-hydroxylation sites is 1. The number of nitrogens with one attached hydrogen (secondary N) is 1. The van der Waals surface area contributed by atoms with Crippen molar-refractivity contribution in [1.82, 2.24) is 9.88 Å². The van der Waals surface area contributed by atoms with E-state index >= 15 is 0 Å². The zero-order chi connectivity index (χ0) is 32.7. The first-order valence-corrected chi connectivity index (χ1v) is 16.4. The molecule has 236 valence electrons. The number of nitrogens with zero attached hydrogens (tertiary/aromatic N) is 2. The molecule has 0 saturated carbocycles. The Labute approximate surface area is 283 Å². The van der Waals surface area contributed by atoms with Crippen LogP contribution in [0.2, 0.25) is 0 Å². The van der Waals surface area contributed by atoms with E-state index in [2.05, 4.69) is 82.7 Å². The summed E-state index contributed by atoms with van der Waals surface area (Å²) in [7, 11) is 0. The topological polar surface area (TPSA) is 73.8 Å². The summed E-state index contributed by atoms with van der Waals surface area (Å²) in [5.41, 5.74) is 12.9. The summed E-state index contributed by atoms with van der Waals surface area (Å²) in [6, 6.07) is 53.5. The summed E-state index contributed by atoms with van der Waals surface area (Å²) in [5, 5.41) is 7.84. The molecule has 8 aromatic rings. The molecule has 1 aliphatic rings. The van der Waals surface area contributed by atoms with Gasteiger partial charge >= 0.3 is 0 Å². The number of amidine groups is 1. The number of fused-ring (bicyclic) bond motifs is 8. The Balaban J connectivity index is 1.13. The molecule has 0 aliphatic carbocycles. The van der Waals surface area contributed by atoms with Crippen molar-refractivity contribution in [2.45, 2.75) is 12.7 Å². The normalized spacial score (nSPS) is 13.0. The lowest BCUT2D eigenvalue weighted by Gasteiger charge is -2.23. The average Bonchev–Trinajstić information content (AvgIpc) is 3.51. The van der Waals surface area contributed by atoms with Crippen molar-refractivity contribution in [2.75, 3.05) is 0 Å². The quantitative estimate of drug-likeness (QED) is 0.108. The summed E-state index contributed by atoms with van der Waals surface area (Å²) in [5.74, 6) is 3.53. The average molecular weight is 637 g/mol. The molecule has 0 bridgehead atoms. The Hall–Kier alpha value is -6.37. The van der Waals surface area contributed by atoms with Gasteiger partial charge in [-0.15, -0.1) is 0 Å². The van der Waals surface area contributed by atoms with Gasteiger partial charge in [0, 0.05) is 27.4 Å². The van der Waals surface area contributed by atoms with Crippen molar-refractivity contribution in [3.63, 3.8) is 0 Å². The highest BCUT2D eigenvalue weighted by atomic mass is 16.6. The van der Waals surface area contributed by atoms with Crippen molar-refractivity contribution < 1.29 is 9.47 Å². The Morgan fingerprint density at radius 1 is 0.633 bits per heavy atom. The molecule has 1 aliphatic heterocycles. The van der Waals surface area contributed by atoms with Gasteiger partial charge in [-0.1, -0.05) is 121 Å². The highest BCUT2D eigenvalue weighted by Gasteiger charge is 2.27. The number of rotatable bonds is 6. The number of ether oxygens (including phenoxy) is 2. The molecule has 2 heterocycles. The first-order valence-electron chi connectivity index (χ1n) is 16.4. The first-order chi connectivity index (χ1) is 24.2. The van der Waals surface area contributed by atoms with Gasteiger partial charge in [0.25, 0.3) is 0 Å². The molecule has 1 atom stereocenters. The zero-order valence-electron chi connectivity index (χ0n) is 26.6. The van der Waals surface area contributed by atoms with Crippen molar-refractivity contribution in [2.24, 2.45) is 10.7 Å². The van der Waals surface area contributed by atoms with Crippen LogP contribution < -0.4 is 20.5 Å². The second-order valence-electron chi connectivity index (χ2n) is 12.2. The van der Waals surface area contributed by atoms with E-state index in [9.17, 15) is 0 Å². The van der Waals surface area contributed by atoms with Crippen LogP contribution in [0.4, 0.5) is 0 Å². The number of hydrogen-bond donors (Lipinski definition) is 2. The second-order valence-corrected chi connectivity index (χ2v) is 12.2. The summed E-state index contributed by atoms with van der Waals surface area (Å²) in [6.07, 6.45) is -0.517. The van der Waals surface area contributed by atoms with Crippen molar-refractivity contribution in [3.8, 4) is 28.7 Å². The molecule has 9 rings (SSSR count). The van der Waals surface area contributed by atoms with Crippen LogP contribution in [0.5, 0.6) is 23.0 Å². The predicted molar refractivity (Wildman–Crippen MR) is 198 cm³/mol. The van der Waals surface area contributed by atoms with Gasteiger partial charge in [0.2, 0.25) is 0 Å². The van der Waals surface area contributed by atoms with Gasteiger partial charge in [0.15, 0.2) is 23.0 Å². The van der Waals surface area contributed by atoms with Crippen LogP contribution in [0.3, 0.4) is 0 Å². The molecule has 49 heavy (non-hydrogen) atoms. The van der Waals surface area contributed by atoms with Gasteiger partial charge in [-0.05, 0) is 52.9 Å². The fourth-order valence-electron chi connectivity index (χ4n) is 6.74. The number of aliphatic imine (C=N–C) groups is 1. The minimum atomic E-state index is -0.517. The molecule has 0 radical (unpaired) electrons. The van der Waals surface area contributed by atoms with Gasteiger partial charge in [-0.2, -0.15) is 0 Å². The Kier molecular flexibility index (Phi) is 7.07. The predicted octanol–water partition coefficient (Wildman–Crippen LogP) is 10.0. The molecule has 6 nitrogen and oxygen atoms in total. The van der Waals surface area contributed by atoms with Crippen LogP contribution in [0, 0.1) is 0 Å².